The molecule has 0 aliphatic heterocycles. The Morgan fingerprint density at radius 3 is 2.67 bits per heavy atom. The van der Waals surface area contributed by atoms with Crippen LogP contribution in [-0.2, 0) is 0 Å². The summed E-state index contributed by atoms with van der Waals surface area (Å²) in [7, 11) is 0. The zero-order valence-electron chi connectivity index (χ0n) is 11.4. The highest BCUT2D eigenvalue weighted by molar-refractivity contribution is 5.95. The van der Waals surface area contributed by atoms with Crippen LogP contribution in [0.4, 0.5) is 15.8 Å². The van der Waals surface area contributed by atoms with Crippen molar-refractivity contribution in [1.29, 1.82) is 5.26 Å². The molecule has 3 nitrogen and oxygen atoms in total. The number of aromatic nitrogens is 1. The maximum Gasteiger partial charge on any atom is 0.146 e. The second kappa shape index (κ2) is 5.22. The summed E-state index contributed by atoms with van der Waals surface area (Å²) in [5.41, 5.74) is 2.88. The standard InChI is InChI=1S/C17H12FN3/c1-11-5-4-7-14(18)16(11)21-17-12(9-19)10-20-15-8-3-2-6-13(15)17/h2-8,10H,1H3,(H,20,21). The monoisotopic (exact) mass is 277 g/mol. The van der Waals surface area contributed by atoms with Crippen molar-refractivity contribution in [1.82, 2.24) is 4.98 Å². The van der Waals surface area contributed by atoms with Crippen LogP contribution in [0.1, 0.15) is 11.1 Å². The predicted octanol–water partition coefficient (Wildman–Crippen LogP) is 4.30. The van der Waals surface area contributed by atoms with E-state index in [-0.39, 0.29) is 5.82 Å². The number of pyridine rings is 1. The third kappa shape index (κ3) is 2.30. The number of nitrogens with zero attached hydrogens (tertiary/aromatic N) is 2. The Balaban J connectivity index is 2.22. The van der Waals surface area contributed by atoms with E-state index in [0.717, 1.165) is 16.5 Å². The lowest BCUT2D eigenvalue weighted by molar-refractivity contribution is 0.631. The lowest BCUT2D eigenvalue weighted by Crippen LogP contribution is -2.00. The van der Waals surface area contributed by atoms with E-state index in [1.54, 1.807) is 6.07 Å². The van der Waals surface area contributed by atoms with Crippen molar-refractivity contribution in [3.05, 3.63) is 65.6 Å². The smallest absolute Gasteiger partial charge is 0.146 e. The number of anilines is 2. The fourth-order valence-corrected chi connectivity index (χ4v) is 2.28. The molecule has 0 saturated carbocycles. The summed E-state index contributed by atoms with van der Waals surface area (Å²) < 4.78 is 14.0. The van der Waals surface area contributed by atoms with Gasteiger partial charge < -0.3 is 5.32 Å². The summed E-state index contributed by atoms with van der Waals surface area (Å²) in [5, 5.41) is 13.1. The summed E-state index contributed by atoms with van der Waals surface area (Å²) in [6.45, 7) is 1.82. The molecular weight excluding hydrogens is 265 g/mol. The van der Waals surface area contributed by atoms with Gasteiger partial charge in [-0.05, 0) is 24.6 Å². The zero-order valence-corrected chi connectivity index (χ0v) is 11.4. The molecule has 0 radical (unpaired) electrons. The number of benzene rings is 2. The highest BCUT2D eigenvalue weighted by atomic mass is 19.1. The van der Waals surface area contributed by atoms with E-state index in [1.165, 1.54) is 12.3 Å². The molecule has 1 heterocycles. The average Bonchev–Trinajstić information content (AvgIpc) is 2.51. The third-order valence-corrected chi connectivity index (χ3v) is 3.37. The summed E-state index contributed by atoms with van der Waals surface area (Å²) in [6, 6.07) is 14.4. The van der Waals surface area contributed by atoms with Gasteiger partial charge in [-0.25, -0.2) is 4.39 Å². The van der Waals surface area contributed by atoms with Gasteiger partial charge in [0.25, 0.3) is 0 Å². The van der Waals surface area contributed by atoms with Gasteiger partial charge in [-0.3, -0.25) is 4.98 Å². The Labute approximate surface area is 121 Å². The molecule has 0 amide bonds. The lowest BCUT2D eigenvalue weighted by Gasteiger charge is -2.14. The molecule has 1 aromatic heterocycles. The number of hydrogen-bond donors (Lipinski definition) is 1. The van der Waals surface area contributed by atoms with Crippen LogP contribution in [0, 0.1) is 24.1 Å². The van der Waals surface area contributed by atoms with Gasteiger partial charge in [0.2, 0.25) is 0 Å². The molecule has 0 unspecified atom stereocenters. The fraction of sp³-hybridized carbons (Fsp3) is 0.0588. The lowest BCUT2D eigenvalue weighted by atomic mass is 10.1. The Morgan fingerprint density at radius 1 is 1.10 bits per heavy atom. The molecule has 3 rings (SSSR count). The number of hydrogen-bond acceptors (Lipinski definition) is 3. The first-order valence-corrected chi connectivity index (χ1v) is 6.50. The average molecular weight is 277 g/mol. The summed E-state index contributed by atoms with van der Waals surface area (Å²) in [5.74, 6) is -0.347. The number of nitrogens with one attached hydrogen (secondary N) is 1. The van der Waals surface area contributed by atoms with Crippen molar-refractivity contribution in [3.63, 3.8) is 0 Å². The van der Waals surface area contributed by atoms with Gasteiger partial charge >= 0.3 is 0 Å². The van der Waals surface area contributed by atoms with E-state index < -0.39 is 0 Å². The number of halogens is 1. The van der Waals surface area contributed by atoms with Crippen molar-refractivity contribution in [3.8, 4) is 6.07 Å². The van der Waals surface area contributed by atoms with Crippen molar-refractivity contribution < 1.29 is 4.39 Å². The quantitative estimate of drug-likeness (QED) is 0.759. The van der Waals surface area contributed by atoms with Gasteiger partial charge in [0.1, 0.15) is 11.9 Å². The van der Waals surface area contributed by atoms with Crippen LogP contribution in [0.5, 0.6) is 0 Å². The minimum Gasteiger partial charge on any atom is -0.351 e. The molecule has 0 bridgehead atoms. The molecule has 102 valence electrons. The van der Waals surface area contributed by atoms with E-state index in [4.69, 9.17) is 0 Å². The van der Waals surface area contributed by atoms with Gasteiger partial charge in [-0.15, -0.1) is 0 Å². The van der Waals surface area contributed by atoms with Crippen molar-refractivity contribution in [2.45, 2.75) is 6.92 Å². The van der Waals surface area contributed by atoms with Gasteiger partial charge in [0, 0.05) is 11.6 Å². The van der Waals surface area contributed by atoms with Crippen molar-refractivity contribution in [2.75, 3.05) is 5.32 Å². The molecule has 0 aliphatic rings. The molecule has 0 saturated heterocycles. The molecule has 3 aromatic rings. The van der Waals surface area contributed by atoms with Crippen LogP contribution >= 0.6 is 0 Å². The fourth-order valence-electron chi connectivity index (χ4n) is 2.28. The Hall–Kier alpha value is -2.93. The van der Waals surface area contributed by atoms with Gasteiger partial charge in [0.05, 0.1) is 22.5 Å². The van der Waals surface area contributed by atoms with Crippen LogP contribution in [0.2, 0.25) is 0 Å². The van der Waals surface area contributed by atoms with Gasteiger partial charge in [-0.1, -0.05) is 30.3 Å². The molecule has 0 spiro atoms. The normalized spacial score (nSPS) is 10.3. The van der Waals surface area contributed by atoms with Crippen molar-refractivity contribution in [2.24, 2.45) is 0 Å². The molecule has 4 heteroatoms. The maximum absolute atomic E-state index is 14.0. The number of aryl methyl sites for hydroxylation is 1. The van der Waals surface area contributed by atoms with Crippen LogP contribution in [0.3, 0.4) is 0 Å². The first-order valence-electron chi connectivity index (χ1n) is 6.50. The topological polar surface area (TPSA) is 48.7 Å². The van der Waals surface area contributed by atoms with Crippen LogP contribution in [0.25, 0.3) is 10.9 Å². The predicted molar refractivity (Wildman–Crippen MR) is 80.9 cm³/mol. The first kappa shape index (κ1) is 13.1. The number of para-hydroxylation sites is 2. The molecular formula is C17H12FN3. The van der Waals surface area contributed by atoms with E-state index in [0.29, 0.717) is 16.9 Å². The van der Waals surface area contributed by atoms with E-state index in [2.05, 4.69) is 16.4 Å². The minimum absolute atomic E-state index is 0.347. The SMILES string of the molecule is Cc1cccc(F)c1Nc1c(C#N)cnc2ccccc12. The van der Waals surface area contributed by atoms with Gasteiger partial charge in [-0.2, -0.15) is 5.26 Å². The summed E-state index contributed by atoms with van der Waals surface area (Å²) in [6.07, 6.45) is 1.50. The molecule has 1 N–H and O–H groups in total. The van der Waals surface area contributed by atoms with Crippen molar-refractivity contribution >= 4 is 22.3 Å². The largest absolute Gasteiger partial charge is 0.351 e. The highest BCUT2D eigenvalue weighted by Crippen LogP contribution is 2.31. The molecule has 0 fully saturated rings. The van der Waals surface area contributed by atoms with Crippen LogP contribution < -0.4 is 5.32 Å². The number of fused-ring (bicyclic) bond motifs is 1. The first-order chi connectivity index (χ1) is 10.2. The Bertz CT molecular complexity index is 845. The summed E-state index contributed by atoms with van der Waals surface area (Å²) in [4.78, 5) is 4.24. The molecule has 2 aromatic carbocycles. The third-order valence-electron chi connectivity index (χ3n) is 3.37. The number of rotatable bonds is 2. The van der Waals surface area contributed by atoms with E-state index in [1.807, 2.05) is 37.3 Å². The second-order valence-corrected chi connectivity index (χ2v) is 4.73. The zero-order chi connectivity index (χ0) is 14.8. The van der Waals surface area contributed by atoms with Crippen LogP contribution in [-0.4, -0.2) is 4.98 Å². The highest BCUT2D eigenvalue weighted by Gasteiger charge is 2.12. The van der Waals surface area contributed by atoms with E-state index >= 15 is 0 Å². The van der Waals surface area contributed by atoms with Crippen LogP contribution in [0.15, 0.2) is 48.7 Å². The van der Waals surface area contributed by atoms with Gasteiger partial charge in [0.15, 0.2) is 0 Å². The maximum atomic E-state index is 14.0. The molecule has 0 aliphatic carbocycles. The summed E-state index contributed by atoms with van der Waals surface area (Å²) >= 11 is 0. The Morgan fingerprint density at radius 2 is 1.90 bits per heavy atom. The second-order valence-electron chi connectivity index (χ2n) is 4.73. The molecule has 0 atom stereocenters. The van der Waals surface area contributed by atoms with E-state index in [9.17, 15) is 9.65 Å². The Kier molecular flexibility index (Phi) is 3.25. The minimum atomic E-state index is -0.347. The number of nitriles is 1. The molecule has 21 heavy (non-hydrogen) atoms.